The molecule has 0 aliphatic heterocycles. The van der Waals surface area contributed by atoms with Gasteiger partial charge in [-0.25, -0.2) is 0 Å². The lowest BCUT2D eigenvalue weighted by molar-refractivity contribution is 0.322. The molecule has 0 bridgehead atoms. The largest absolute Gasteiger partial charge is 0.493 e. The number of hydrogen-bond acceptors (Lipinski definition) is 2. The second kappa shape index (κ2) is 8.21. The Morgan fingerprint density at radius 1 is 0.833 bits per heavy atom. The van der Waals surface area contributed by atoms with Gasteiger partial charge in [0.05, 0.1) is 6.61 Å². The second-order valence-corrected chi connectivity index (χ2v) is 5.89. The first-order valence-electron chi connectivity index (χ1n) is 8.36. The Hall–Kier alpha value is -2.74. The summed E-state index contributed by atoms with van der Waals surface area (Å²) in [5, 5.41) is 3.47. The normalized spacial score (nSPS) is 10.4. The van der Waals surface area contributed by atoms with E-state index in [9.17, 15) is 0 Å². The van der Waals surface area contributed by atoms with Gasteiger partial charge in [0.15, 0.2) is 0 Å². The van der Waals surface area contributed by atoms with Crippen LogP contribution in [0, 0.1) is 6.92 Å². The molecule has 3 aromatic rings. The van der Waals surface area contributed by atoms with Crippen LogP contribution in [0.25, 0.3) is 0 Å². The van der Waals surface area contributed by atoms with Crippen molar-refractivity contribution in [1.82, 2.24) is 0 Å². The lowest BCUT2D eigenvalue weighted by Crippen LogP contribution is -2.03. The van der Waals surface area contributed by atoms with Gasteiger partial charge in [-0.2, -0.15) is 0 Å². The van der Waals surface area contributed by atoms with Crippen molar-refractivity contribution in [3.63, 3.8) is 0 Å². The third-order valence-corrected chi connectivity index (χ3v) is 4.08. The topological polar surface area (TPSA) is 21.3 Å². The molecule has 0 aliphatic rings. The van der Waals surface area contributed by atoms with Crippen LogP contribution < -0.4 is 10.1 Å². The Morgan fingerprint density at radius 2 is 1.62 bits per heavy atom. The molecule has 0 heterocycles. The Labute approximate surface area is 144 Å². The van der Waals surface area contributed by atoms with Gasteiger partial charge in [0.25, 0.3) is 0 Å². The average Bonchev–Trinajstić information content (AvgIpc) is 2.62. The van der Waals surface area contributed by atoms with Crippen LogP contribution in [-0.4, -0.2) is 6.61 Å². The third kappa shape index (κ3) is 4.63. The highest BCUT2D eigenvalue weighted by molar-refractivity contribution is 5.49. The summed E-state index contributed by atoms with van der Waals surface area (Å²) in [5.74, 6) is 0.903. The molecule has 122 valence electrons. The monoisotopic (exact) mass is 317 g/mol. The van der Waals surface area contributed by atoms with Gasteiger partial charge in [-0.05, 0) is 35.7 Å². The van der Waals surface area contributed by atoms with Gasteiger partial charge < -0.3 is 10.1 Å². The smallest absolute Gasteiger partial charge is 0.121 e. The molecule has 0 radical (unpaired) electrons. The van der Waals surface area contributed by atoms with Crippen molar-refractivity contribution in [2.24, 2.45) is 0 Å². The fourth-order valence-corrected chi connectivity index (χ4v) is 2.63. The number of benzene rings is 3. The van der Waals surface area contributed by atoms with Crippen LogP contribution in [0.3, 0.4) is 0 Å². The molecular weight excluding hydrogens is 294 g/mol. The van der Waals surface area contributed by atoms with Crippen LogP contribution in [0.15, 0.2) is 78.9 Å². The van der Waals surface area contributed by atoms with Crippen molar-refractivity contribution in [3.05, 3.63) is 95.6 Å². The maximum Gasteiger partial charge on any atom is 0.121 e. The van der Waals surface area contributed by atoms with Crippen molar-refractivity contribution in [2.75, 3.05) is 11.9 Å². The van der Waals surface area contributed by atoms with E-state index in [1.165, 1.54) is 16.7 Å². The summed E-state index contributed by atoms with van der Waals surface area (Å²) in [6.45, 7) is 3.64. The van der Waals surface area contributed by atoms with E-state index in [2.05, 4.69) is 72.9 Å². The fraction of sp³-hybridized carbons (Fsp3) is 0.182. The van der Waals surface area contributed by atoms with Crippen molar-refractivity contribution in [2.45, 2.75) is 19.9 Å². The van der Waals surface area contributed by atoms with Gasteiger partial charge in [-0.3, -0.25) is 0 Å². The van der Waals surface area contributed by atoms with Crippen molar-refractivity contribution >= 4 is 5.69 Å². The number of aryl methyl sites for hydroxylation is 1. The van der Waals surface area contributed by atoms with Gasteiger partial charge in [0.2, 0.25) is 0 Å². The fourth-order valence-electron chi connectivity index (χ4n) is 2.63. The number of rotatable bonds is 7. The van der Waals surface area contributed by atoms with Gasteiger partial charge >= 0.3 is 0 Å². The third-order valence-electron chi connectivity index (χ3n) is 4.08. The van der Waals surface area contributed by atoms with E-state index in [1.807, 2.05) is 18.2 Å². The molecule has 0 saturated carbocycles. The van der Waals surface area contributed by atoms with E-state index < -0.39 is 0 Å². The Morgan fingerprint density at radius 3 is 2.46 bits per heavy atom. The molecule has 3 aromatic carbocycles. The number of anilines is 1. The summed E-state index contributed by atoms with van der Waals surface area (Å²) >= 11 is 0. The molecule has 2 nitrogen and oxygen atoms in total. The summed E-state index contributed by atoms with van der Waals surface area (Å²) in [6.07, 6.45) is 0.918. The molecule has 3 rings (SSSR count). The van der Waals surface area contributed by atoms with E-state index in [0.717, 1.165) is 24.4 Å². The van der Waals surface area contributed by atoms with Gasteiger partial charge in [-0.1, -0.05) is 60.7 Å². The SMILES string of the molecule is Cc1ccccc1CNc1cccc(OCCc2ccccc2)c1. The summed E-state index contributed by atoms with van der Waals surface area (Å²) in [5.41, 5.74) is 5.00. The van der Waals surface area contributed by atoms with Crippen LogP contribution in [0.4, 0.5) is 5.69 Å². The molecule has 0 fully saturated rings. The van der Waals surface area contributed by atoms with Gasteiger partial charge in [0, 0.05) is 24.7 Å². The van der Waals surface area contributed by atoms with Crippen molar-refractivity contribution < 1.29 is 4.74 Å². The molecule has 0 saturated heterocycles. The lowest BCUT2D eigenvalue weighted by atomic mass is 10.1. The minimum Gasteiger partial charge on any atom is -0.493 e. The number of nitrogens with one attached hydrogen (secondary N) is 1. The van der Waals surface area contributed by atoms with Gasteiger partial charge in [0.1, 0.15) is 5.75 Å². The predicted molar refractivity (Wildman–Crippen MR) is 101 cm³/mol. The molecule has 24 heavy (non-hydrogen) atoms. The van der Waals surface area contributed by atoms with E-state index >= 15 is 0 Å². The maximum absolute atomic E-state index is 5.89. The van der Waals surface area contributed by atoms with Crippen LogP contribution >= 0.6 is 0 Å². The standard InChI is InChI=1S/C22H23NO/c1-18-8-5-6-11-20(18)17-23-21-12-7-13-22(16-21)24-15-14-19-9-3-2-4-10-19/h2-13,16,23H,14-15,17H2,1H3. The zero-order valence-electron chi connectivity index (χ0n) is 14.0. The summed E-state index contributed by atoms with van der Waals surface area (Å²) in [4.78, 5) is 0. The van der Waals surface area contributed by atoms with Crippen LogP contribution in [0.1, 0.15) is 16.7 Å². The Bertz CT molecular complexity index is 768. The van der Waals surface area contributed by atoms with Crippen LogP contribution in [0.2, 0.25) is 0 Å². The molecule has 0 atom stereocenters. The highest BCUT2D eigenvalue weighted by atomic mass is 16.5. The van der Waals surface area contributed by atoms with Crippen molar-refractivity contribution in [3.8, 4) is 5.75 Å². The Balaban J connectivity index is 1.53. The first-order valence-corrected chi connectivity index (χ1v) is 8.36. The summed E-state index contributed by atoms with van der Waals surface area (Å²) in [6, 6.07) is 27.0. The summed E-state index contributed by atoms with van der Waals surface area (Å²) < 4.78 is 5.89. The highest BCUT2D eigenvalue weighted by Gasteiger charge is 2.00. The number of ether oxygens (including phenoxy) is 1. The first kappa shape index (κ1) is 16.1. The average molecular weight is 317 g/mol. The first-order chi connectivity index (χ1) is 11.8. The lowest BCUT2D eigenvalue weighted by Gasteiger charge is -2.11. The minimum atomic E-state index is 0.686. The number of hydrogen-bond donors (Lipinski definition) is 1. The minimum absolute atomic E-state index is 0.686. The van der Waals surface area contributed by atoms with E-state index in [1.54, 1.807) is 0 Å². The quantitative estimate of drug-likeness (QED) is 0.644. The van der Waals surface area contributed by atoms with Gasteiger partial charge in [-0.15, -0.1) is 0 Å². The van der Waals surface area contributed by atoms with Crippen LogP contribution in [0.5, 0.6) is 5.75 Å². The predicted octanol–water partition coefficient (Wildman–Crippen LogP) is 5.23. The van der Waals surface area contributed by atoms with Crippen molar-refractivity contribution in [1.29, 1.82) is 0 Å². The Kier molecular flexibility index (Phi) is 5.52. The van der Waals surface area contributed by atoms with E-state index in [0.29, 0.717) is 6.61 Å². The molecule has 1 N–H and O–H groups in total. The molecular formula is C22H23NO. The zero-order chi connectivity index (χ0) is 16.6. The second-order valence-electron chi connectivity index (χ2n) is 5.89. The maximum atomic E-state index is 5.89. The molecule has 0 aliphatic carbocycles. The van der Waals surface area contributed by atoms with Crippen LogP contribution in [-0.2, 0) is 13.0 Å². The molecule has 0 amide bonds. The molecule has 0 aromatic heterocycles. The summed E-state index contributed by atoms with van der Waals surface area (Å²) in [7, 11) is 0. The molecule has 0 spiro atoms. The highest BCUT2D eigenvalue weighted by Crippen LogP contribution is 2.19. The zero-order valence-corrected chi connectivity index (χ0v) is 14.0. The van der Waals surface area contributed by atoms with E-state index in [-0.39, 0.29) is 0 Å². The van der Waals surface area contributed by atoms with E-state index in [4.69, 9.17) is 4.74 Å². The molecule has 0 unspecified atom stereocenters. The molecule has 2 heteroatoms.